The first-order valence-corrected chi connectivity index (χ1v) is 10.0. The van der Waals surface area contributed by atoms with Gasteiger partial charge in [0.25, 0.3) is 0 Å². The Labute approximate surface area is 154 Å². The maximum atomic E-state index is 6.25. The van der Waals surface area contributed by atoms with Gasteiger partial charge in [-0.2, -0.15) is 0 Å². The minimum absolute atomic E-state index is 0.0500. The fourth-order valence-corrected chi connectivity index (χ4v) is 3.09. The van der Waals surface area contributed by atoms with Crippen LogP contribution >= 0.6 is 0 Å². The smallest absolute Gasteiger partial charge is 0.0126 e. The molecule has 2 aromatic rings. The number of unbranched alkanes of at least 4 members (excludes halogenated alkanes) is 3. The Balaban J connectivity index is 1.91. The van der Waals surface area contributed by atoms with E-state index >= 15 is 0 Å². The molecular weight excluding hydrogens is 302 g/mol. The zero-order valence-corrected chi connectivity index (χ0v) is 16.4. The summed E-state index contributed by atoms with van der Waals surface area (Å²) < 4.78 is 0. The Hall–Kier alpha value is -1.60. The van der Waals surface area contributed by atoms with Crippen molar-refractivity contribution in [1.29, 1.82) is 0 Å². The van der Waals surface area contributed by atoms with E-state index < -0.39 is 0 Å². The first-order chi connectivity index (χ1) is 12.0. The van der Waals surface area contributed by atoms with Crippen LogP contribution in [0.2, 0.25) is 0 Å². The SMILES string of the molecule is CCCCCCc1ccc(-c2ccc(CCC(C)(N)CC)cc2)cc1. The summed E-state index contributed by atoms with van der Waals surface area (Å²) in [7, 11) is 0. The topological polar surface area (TPSA) is 26.0 Å². The van der Waals surface area contributed by atoms with E-state index in [1.807, 2.05) is 0 Å². The zero-order chi connectivity index (χ0) is 18.1. The minimum atomic E-state index is -0.0500. The van der Waals surface area contributed by atoms with Crippen LogP contribution in [-0.2, 0) is 12.8 Å². The van der Waals surface area contributed by atoms with Crippen molar-refractivity contribution in [2.75, 3.05) is 0 Å². The normalized spacial score (nSPS) is 13.6. The molecular formula is C24H35N. The highest BCUT2D eigenvalue weighted by Gasteiger charge is 2.14. The third-order valence-corrected chi connectivity index (χ3v) is 5.35. The molecule has 0 aliphatic heterocycles. The molecule has 1 atom stereocenters. The number of aryl methyl sites for hydroxylation is 2. The molecule has 0 fully saturated rings. The van der Waals surface area contributed by atoms with E-state index in [2.05, 4.69) is 69.3 Å². The van der Waals surface area contributed by atoms with Gasteiger partial charge in [0, 0.05) is 5.54 Å². The lowest BCUT2D eigenvalue weighted by Gasteiger charge is -2.22. The third-order valence-electron chi connectivity index (χ3n) is 5.35. The van der Waals surface area contributed by atoms with Crippen molar-refractivity contribution in [3.8, 4) is 11.1 Å². The highest BCUT2D eigenvalue weighted by Crippen LogP contribution is 2.22. The summed E-state index contributed by atoms with van der Waals surface area (Å²) in [5, 5.41) is 0. The van der Waals surface area contributed by atoms with Gasteiger partial charge in [0.2, 0.25) is 0 Å². The number of nitrogens with two attached hydrogens (primary N) is 1. The molecule has 2 rings (SSSR count). The Morgan fingerprint density at radius 3 is 1.72 bits per heavy atom. The molecule has 0 aliphatic rings. The summed E-state index contributed by atoms with van der Waals surface area (Å²) in [5.74, 6) is 0. The first-order valence-electron chi connectivity index (χ1n) is 10.0. The number of hydrogen-bond acceptors (Lipinski definition) is 1. The maximum Gasteiger partial charge on any atom is 0.0126 e. The average molecular weight is 338 g/mol. The average Bonchev–Trinajstić information content (AvgIpc) is 2.65. The Morgan fingerprint density at radius 1 is 0.720 bits per heavy atom. The molecule has 0 heterocycles. The van der Waals surface area contributed by atoms with Crippen LogP contribution in [0.5, 0.6) is 0 Å². The van der Waals surface area contributed by atoms with Crippen molar-refractivity contribution in [3.05, 3.63) is 59.7 Å². The summed E-state index contributed by atoms with van der Waals surface area (Å²) in [4.78, 5) is 0. The Morgan fingerprint density at radius 2 is 1.24 bits per heavy atom. The number of rotatable bonds is 10. The second-order valence-corrected chi connectivity index (χ2v) is 7.71. The summed E-state index contributed by atoms with van der Waals surface area (Å²) in [6.45, 7) is 6.57. The lowest BCUT2D eigenvalue weighted by Crippen LogP contribution is -2.35. The predicted octanol–water partition coefficient (Wildman–Crippen LogP) is 6.54. The van der Waals surface area contributed by atoms with Gasteiger partial charge in [-0.1, -0.05) is 81.6 Å². The van der Waals surface area contributed by atoms with Crippen LogP contribution in [0, 0.1) is 0 Å². The lowest BCUT2D eigenvalue weighted by molar-refractivity contribution is 0.418. The van der Waals surface area contributed by atoms with Crippen LogP contribution in [-0.4, -0.2) is 5.54 Å². The highest BCUT2D eigenvalue weighted by molar-refractivity contribution is 5.64. The van der Waals surface area contributed by atoms with E-state index in [1.165, 1.54) is 54.4 Å². The van der Waals surface area contributed by atoms with Crippen LogP contribution in [0.1, 0.15) is 70.4 Å². The van der Waals surface area contributed by atoms with E-state index in [9.17, 15) is 0 Å². The molecule has 0 radical (unpaired) electrons. The fourth-order valence-electron chi connectivity index (χ4n) is 3.09. The number of hydrogen-bond donors (Lipinski definition) is 1. The first kappa shape index (κ1) is 19.7. The fraction of sp³-hybridized carbons (Fsp3) is 0.500. The Kier molecular flexibility index (Phi) is 7.71. The van der Waals surface area contributed by atoms with E-state index in [1.54, 1.807) is 0 Å². The van der Waals surface area contributed by atoms with Crippen molar-refractivity contribution in [2.45, 2.75) is 77.7 Å². The maximum absolute atomic E-state index is 6.25. The summed E-state index contributed by atoms with van der Waals surface area (Å²) in [5.41, 5.74) is 11.6. The molecule has 1 nitrogen and oxygen atoms in total. The van der Waals surface area contributed by atoms with Crippen molar-refractivity contribution >= 4 is 0 Å². The van der Waals surface area contributed by atoms with Gasteiger partial charge in [-0.25, -0.2) is 0 Å². The molecule has 0 aromatic heterocycles. The van der Waals surface area contributed by atoms with Crippen molar-refractivity contribution in [1.82, 2.24) is 0 Å². The van der Waals surface area contributed by atoms with Crippen molar-refractivity contribution in [3.63, 3.8) is 0 Å². The van der Waals surface area contributed by atoms with Crippen molar-refractivity contribution in [2.24, 2.45) is 5.73 Å². The highest BCUT2D eigenvalue weighted by atomic mass is 14.7. The molecule has 2 aromatic carbocycles. The molecule has 2 N–H and O–H groups in total. The zero-order valence-electron chi connectivity index (χ0n) is 16.4. The minimum Gasteiger partial charge on any atom is -0.325 e. The summed E-state index contributed by atoms with van der Waals surface area (Å²) in [6, 6.07) is 18.1. The van der Waals surface area contributed by atoms with Gasteiger partial charge in [-0.3, -0.25) is 0 Å². The predicted molar refractivity (Wildman–Crippen MR) is 111 cm³/mol. The molecule has 0 aliphatic carbocycles. The molecule has 1 heteroatoms. The van der Waals surface area contributed by atoms with E-state index in [-0.39, 0.29) is 5.54 Å². The third kappa shape index (κ3) is 6.66. The largest absolute Gasteiger partial charge is 0.325 e. The molecule has 25 heavy (non-hydrogen) atoms. The second kappa shape index (κ2) is 9.77. The molecule has 0 bridgehead atoms. The van der Waals surface area contributed by atoms with Gasteiger partial charge in [0.1, 0.15) is 0 Å². The summed E-state index contributed by atoms with van der Waals surface area (Å²) >= 11 is 0. The number of benzene rings is 2. The van der Waals surface area contributed by atoms with Crippen LogP contribution in [0.15, 0.2) is 48.5 Å². The van der Waals surface area contributed by atoms with Crippen LogP contribution in [0.4, 0.5) is 0 Å². The van der Waals surface area contributed by atoms with E-state index in [0.717, 1.165) is 19.3 Å². The molecule has 0 saturated carbocycles. The monoisotopic (exact) mass is 337 g/mol. The van der Waals surface area contributed by atoms with Gasteiger partial charge in [0.15, 0.2) is 0 Å². The van der Waals surface area contributed by atoms with E-state index in [0.29, 0.717) is 0 Å². The summed E-state index contributed by atoms with van der Waals surface area (Å²) in [6.07, 6.45) is 9.63. The lowest BCUT2D eigenvalue weighted by atomic mass is 9.91. The molecule has 0 saturated heterocycles. The second-order valence-electron chi connectivity index (χ2n) is 7.71. The van der Waals surface area contributed by atoms with Gasteiger partial charge in [-0.15, -0.1) is 0 Å². The van der Waals surface area contributed by atoms with Gasteiger partial charge < -0.3 is 5.73 Å². The molecule has 1 unspecified atom stereocenters. The molecule has 0 spiro atoms. The van der Waals surface area contributed by atoms with Gasteiger partial charge >= 0.3 is 0 Å². The van der Waals surface area contributed by atoms with Crippen LogP contribution < -0.4 is 5.73 Å². The van der Waals surface area contributed by atoms with E-state index in [4.69, 9.17) is 5.73 Å². The standard InChI is InChI=1S/C24H35N/c1-4-6-7-8-9-20-10-14-22(15-11-20)23-16-12-21(13-17-23)18-19-24(3,25)5-2/h10-17H,4-9,18-19,25H2,1-3H3. The van der Waals surface area contributed by atoms with Crippen LogP contribution in [0.3, 0.4) is 0 Å². The quantitative estimate of drug-likeness (QED) is 0.490. The molecule has 136 valence electrons. The van der Waals surface area contributed by atoms with Crippen molar-refractivity contribution < 1.29 is 0 Å². The Bertz CT molecular complexity index is 608. The van der Waals surface area contributed by atoms with Crippen LogP contribution in [0.25, 0.3) is 11.1 Å². The van der Waals surface area contributed by atoms with Gasteiger partial charge in [-0.05, 0) is 61.3 Å². The van der Waals surface area contributed by atoms with Gasteiger partial charge in [0.05, 0.1) is 0 Å². The molecule has 0 amide bonds.